The van der Waals surface area contributed by atoms with Gasteiger partial charge >= 0.3 is 12.0 Å². The molecule has 7 heteroatoms. The van der Waals surface area contributed by atoms with Crippen LogP contribution in [-0.4, -0.2) is 36.3 Å². The average Bonchev–Trinajstić information content (AvgIpc) is 3.07. The topological polar surface area (TPSA) is 92.7 Å². The number of esters is 1. The molecule has 2 aromatic rings. The number of aromatic nitrogens is 1. The number of benzene rings is 1. The quantitative estimate of drug-likeness (QED) is 0.821. The van der Waals surface area contributed by atoms with Crippen LogP contribution >= 0.6 is 0 Å². The first-order valence-electron chi connectivity index (χ1n) is 8.41. The second-order valence-electron chi connectivity index (χ2n) is 6.22. The third-order valence-electron chi connectivity index (χ3n) is 4.61. The second-order valence-corrected chi connectivity index (χ2v) is 6.22. The van der Waals surface area contributed by atoms with Crippen molar-refractivity contribution in [3.8, 4) is 0 Å². The molecule has 1 aromatic heterocycles. The summed E-state index contributed by atoms with van der Waals surface area (Å²) in [5.74, 6) is -0.283. The zero-order valence-corrected chi connectivity index (χ0v) is 14.3. The molecule has 3 heterocycles. The highest BCUT2D eigenvalue weighted by Crippen LogP contribution is 2.33. The van der Waals surface area contributed by atoms with E-state index in [0.717, 1.165) is 33.5 Å². The highest BCUT2D eigenvalue weighted by Gasteiger charge is 2.30. The summed E-state index contributed by atoms with van der Waals surface area (Å²) >= 11 is 0. The molecule has 0 saturated heterocycles. The van der Waals surface area contributed by atoms with E-state index in [2.05, 4.69) is 20.6 Å². The number of carbonyl (C=O) groups is 2. The zero-order valence-electron chi connectivity index (χ0n) is 14.3. The normalized spacial score (nSPS) is 17.7. The Bertz CT molecular complexity index is 909. The Morgan fingerprint density at radius 2 is 2.08 bits per heavy atom. The number of ether oxygens (including phenoxy) is 1. The fourth-order valence-electron chi connectivity index (χ4n) is 3.37. The minimum Gasteiger partial charge on any atom is -0.455 e. The van der Waals surface area contributed by atoms with Crippen LogP contribution in [0.3, 0.4) is 0 Å². The molecule has 4 rings (SSSR count). The van der Waals surface area contributed by atoms with Gasteiger partial charge in [0.2, 0.25) is 0 Å². The lowest BCUT2D eigenvalue weighted by molar-refractivity contribution is -0.150. The summed E-state index contributed by atoms with van der Waals surface area (Å²) in [5, 5.41) is 5.20. The smallest absolute Gasteiger partial charge is 0.314 e. The van der Waals surface area contributed by atoms with Crippen molar-refractivity contribution in [2.75, 3.05) is 13.6 Å². The summed E-state index contributed by atoms with van der Waals surface area (Å²) < 4.78 is 5.48. The molecule has 2 N–H and O–H groups in total. The molecule has 26 heavy (non-hydrogen) atoms. The Balaban J connectivity index is 1.69. The first-order chi connectivity index (χ1) is 12.7. The molecule has 2 aliphatic heterocycles. The Morgan fingerprint density at radius 3 is 2.85 bits per heavy atom. The van der Waals surface area contributed by atoms with Gasteiger partial charge in [-0.05, 0) is 34.9 Å². The van der Waals surface area contributed by atoms with Gasteiger partial charge in [0.15, 0.2) is 0 Å². The lowest BCUT2D eigenvalue weighted by atomic mass is 9.90. The number of cyclic esters (lactones) is 1. The van der Waals surface area contributed by atoms with Gasteiger partial charge in [-0.15, -0.1) is 0 Å². The number of amides is 2. The predicted octanol–water partition coefficient (Wildman–Crippen LogP) is 1.50. The molecule has 0 aliphatic carbocycles. The fraction of sp³-hybridized carbons (Fsp3) is 0.263. The lowest BCUT2D eigenvalue weighted by Crippen LogP contribution is -2.38. The molecule has 0 bridgehead atoms. The van der Waals surface area contributed by atoms with Gasteiger partial charge in [0, 0.05) is 30.6 Å². The van der Waals surface area contributed by atoms with Gasteiger partial charge < -0.3 is 15.4 Å². The summed E-state index contributed by atoms with van der Waals surface area (Å²) in [6.45, 7) is 0.815. The van der Waals surface area contributed by atoms with E-state index in [9.17, 15) is 9.59 Å². The van der Waals surface area contributed by atoms with E-state index in [1.807, 2.05) is 24.3 Å². The SMILES string of the molecule is CNC(=O)NCC1OC(=O)Cc2cc3c(cc21)C(c1ccncc1)=NC3. The lowest BCUT2D eigenvalue weighted by Gasteiger charge is -2.27. The van der Waals surface area contributed by atoms with Crippen molar-refractivity contribution in [1.29, 1.82) is 0 Å². The van der Waals surface area contributed by atoms with E-state index in [-0.39, 0.29) is 25.0 Å². The van der Waals surface area contributed by atoms with Gasteiger partial charge in [-0.3, -0.25) is 14.8 Å². The third kappa shape index (κ3) is 2.92. The van der Waals surface area contributed by atoms with Crippen molar-refractivity contribution in [3.05, 3.63) is 64.5 Å². The minimum absolute atomic E-state index is 0.221. The maximum atomic E-state index is 12.0. The summed E-state index contributed by atoms with van der Waals surface area (Å²) in [4.78, 5) is 32.1. The van der Waals surface area contributed by atoms with Crippen molar-refractivity contribution in [3.63, 3.8) is 0 Å². The largest absolute Gasteiger partial charge is 0.455 e. The fourth-order valence-corrected chi connectivity index (χ4v) is 3.37. The number of hydrogen-bond donors (Lipinski definition) is 2. The Labute approximate surface area is 150 Å². The number of hydrogen-bond acceptors (Lipinski definition) is 5. The molecular formula is C19H18N4O3. The molecule has 7 nitrogen and oxygen atoms in total. The number of pyridine rings is 1. The Morgan fingerprint density at radius 1 is 1.27 bits per heavy atom. The van der Waals surface area contributed by atoms with E-state index < -0.39 is 6.10 Å². The van der Waals surface area contributed by atoms with Crippen LogP contribution in [0, 0.1) is 0 Å². The number of nitrogens with one attached hydrogen (secondary N) is 2. The van der Waals surface area contributed by atoms with Crippen molar-refractivity contribution >= 4 is 17.7 Å². The van der Waals surface area contributed by atoms with Gasteiger partial charge in [-0.2, -0.15) is 0 Å². The first-order valence-corrected chi connectivity index (χ1v) is 8.41. The van der Waals surface area contributed by atoms with Gasteiger partial charge in [-0.25, -0.2) is 4.79 Å². The molecule has 2 aliphatic rings. The molecule has 0 radical (unpaired) electrons. The molecular weight excluding hydrogens is 332 g/mol. The molecule has 1 atom stereocenters. The van der Waals surface area contributed by atoms with Crippen LogP contribution in [-0.2, 0) is 22.5 Å². The van der Waals surface area contributed by atoms with Crippen LogP contribution in [0.5, 0.6) is 0 Å². The van der Waals surface area contributed by atoms with E-state index in [0.29, 0.717) is 6.54 Å². The van der Waals surface area contributed by atoms with Crippen LogP contribution in [0.4, 0.5) is 4.79 Å². The van der Waals surface area contributed by atoms with E-state index >= 15 is 0 Å². The van der Waals surface area contributed by atoms with E-state index in [1.54, 1.807) is 19.4 Å². The molecule has 1 aromatic carbocycles. The molecule has 0 spiro atoms. The van der Waals surface area contributed by atoms with Crippen LogP contribution < -0.4 is 10.6 Å². The summed E-state index contributed by atoms with van der Waals surface area (Å²) in [7, 11) is 1.54. The maximum absolute atomic E-state index is 12.0. The monoisotopic (exact) mass is 350 g/mol. The maximum Gasteiger partial charge on any atom is 0.314 e. The molecule has 2 amide bonds. The van der Waals surface area contributed by atoms with Gasteiger partial charge in [-0.1, -0.05) is 6.07 Å². The highest BCUT2D eigenvalue weighted by molar-refractivity contribution is 6.15. The number of nitrogens with zero attached hydrogens (tertiary/aromatic N) is 2. The highest BCUT2D eigenvalue weighted by atomic mass is 16.5. The van der Waals surface area contributed by atoms with E-state index in [1.165, 1.54) is 0 Å². The van der Waals surface area contributed by atoms with Gasteiger partial charge in [0.25, 0.3) is 0 Å². The van der Waals surface area contributed by atoms with Gasteiger partial charge in [0.05, 0.1) is 25.2 Å². The van der Waals surface area contributed by atoms with Crippen LogP contribution in [0.15, 0.2) is 41.7 Å². The summed E-state index contributed by atoms with van der Waals surface area (Å²) in [5.41, 5.74) is 5.92. The number of carbonyl (C=O) groups excluding carboxylic acids is 2. The number of aliphatic imine (C=N–C) groups is 1. The number of urea groups is 1. The second kappa shape index (κ2) is 6.59. The van der Waals surface area contributed by atoms with Crippen LogP contribution in [0.2, 0.25) is 0 Å². The molecule has 0 fully saturated rings. The summed E-state index contributed by atoms with van der Waals surface area (Å²) in [6, 6.07) is 7.62. The standard InChI is InChI=1S/C19H18N4O3/c1-20-19(25)23-10-16-14-8-15-13(6-12(14)7-17(24)26-16)9-22-18(15)11-2-4-21-5-3-11/h2-6,8,16H,7,9-10H2,1H3,(H2,20,23,25). The van der Waals surface area contributed by atoms with Crippen molar-refractivity contribution in [1.82, 2.24) is 15.6 Å². The Hall–Kier alpha value is -3.22. The summed E-state index contributed by atoms with van der Waals surface area (Å²) in [6.07, 6.45) is 3.22. The number of fused-ring (bicyclic) bond motifs is 2. The van der Waals surface area contributed by atoms with Crippen LogP contribution in [0.1, 0.15) is 33.9 Å². The minimum atomic E-state index is -0.506. The molecule has 1 unspecified atom stereocenters. The zero-order chi connectivity index (χ0) is 18.1. The molecule has 0 saturated carbocycles. The van der Waals surface area contributed by atoms with Crippen LogP contribution in [0.25, 0.3) is 0 Å². The number of rotatable bonds is 3. The van der Waals surface area contributed by atoms with Gasteiger partial charge in [0.1, 0.15) is 6.10 Å². The van der Waals surface area contributed by atoms with Crippen molar-refractivity contribution < 1.29 is 14.3 Å². The predicted molar refractivity (Wildman–Crippen MR) is 95.0 cm³/mol. The third-order valence-corrected chi connectivity index (χ3v) is 4.61. The van der Waals surface area contributed by atoms with E-state index in [4.69, 9.17) is 4.74 Å². The van der Waals surface area contributed by atoms with Crippen molar-refractivity contribution in [2.24, 2.45) is 4.99 Å². The van der Waals surface area contributed by atoms with Crippen molar-refractivity contribution in [2.45, 2.75) is 19.1 Å². The molecule has 132 valence electrons. The Kier molecular flexibility index (Phi) is 4.12. The first kappa shape index (κ1) is 16.3. The average molecular weight is 350 g/mol.